The van der Waals surface area contributed by atoms with Crippen molar-refractivity contribution in [1.29, 1.82) is 0 Å². The van der Waals surface area contributed by atoms with Crippen LogP contribution in [0, 0.1) is 0 Å². The van der Waals surface area contributed by atoms with Gasteiger partial charge in [-0.3, -0.25) is 9.59 Å². The van der Waals surface area contributed by atoms with Crippen LogP contribution in [0.3, 0.4) is 0 Å². The van der Waals surface area contributed by atoms with E-state index in [0.29, 0.717) is 24.3 Å². The van der Waals surface area contributed by atoms with Crippen LogP contribution in [0.25, 0.3) is 0 Å². The van der Waals surface area contributed by atoms with E-state index in [0.717, 1.165) is 6.42 Å². The van der Waals surface area contributed by atoms with Gasteiger partial charge in [0, 0.05) is 19.8 Å². The molecule has 0 spiro atoms. The number of aromatic nitrogens is 1. The molecule has 2 amide bonds. The van der Waals surface area contributed by atoms with Gasteiger partial charge in [-0.15, -0.1) is 0 Å². The van der Waals surface area contributed by atoms with Gasteiger partial charge in [0.1, 0.15) is 11.9 Å². The Kier molecular flexibility index (Phi) is 3.76. The number of piperidine rings is 1. The van der Waals surface area contributed by atoms with Crippen molar-refractivity contribution in [3.05, 3.63) is 23.9 Å². The molecule has 2 heterocycles. The zero-order valence-corrected chi connectivity index (χ0v) is 10.2. The average molecular weight is 248 g/mol. The summed E-state index contributed by atoms with van der Waals surface area (Å²) in [5.74, 6) is 0.102. The molecule has 6 nitrogen and oxygen atoms in total. The van der Waals surface area contributed by atoms with Crippen molar-refractivity contribution in [2.45, 2.75) is 18.9 Å². The second kappa shape index (κ2) is 5.48. The summed E-state index contributed by atoms with van der Waals surface area (Å²) in [6, 6.07) is 2.92. The predicted molar refractivity (Wildman–Crippen MR) is 67.3 cm³/mol. The Morgan fingerprint density at radius 2 is 2.39 bits per heavy atom. The van der Waals surface area contributed by atoms with Gasteiger partial charge in [-0.25, -0.2) is 4.98 Å². The zero-order chi connectivity index (χ0) is 13.0. The summed E-state index contributed by atoms with van der Waals surface area (Å²) in [4.78, 5) is 27.7. The highest BCUT2D eigenvalue weighted by molar-refractivity contribution is 6.01. The van der Waals surface area contributed by atoms with Crippen molar-refractivity contribution in [1.82, 2.24) is 15.6 Å². The van der Waals surface area contributed by atoms with Gasteiger partial charge in [-0.2, -0.15) is 0 Å². The van der Waals surface area contributed by atoms with Crippen LogP contribution in [0.4, 0.5) is 5.82 Å². The molecule has 0 radical (unpaired) electrons. The van der Waals surface area contributed by atoms with Crippen LogP contribution in [0.15, 0.2) is 18.3 Å². The third-order valence-corrected chi connectivity index (χ3v) is 2.88. The Balaban J connectivity index is 2.09. The molecule has 0 saturated carbocycles. The molecule has 18 heavy (non-hydrogen) atoms. The van der Waals surface area contributed by atoms with Gasteiger partial charge < -0.3 is 16.0 Å². The number of hydrogen-bond donors (Lipinski definition) is 3. The van der Waals surface area contributed by atoms with Crippen molar-refractivity contribution in [3.8, 4) is 0 Å². The maximum atomic E-state index is 12.1. The van der Waals surface area contributed by atoms with Gasteiger partial charge in [-0.05, 0) is 25.0 Å². The number of carbonyl (C=O) groups excluding carboxylic acids is 2. The number of hydrogen-bond acceptors (Lipinski definition) is 4. The number of carbonyl (C=O) groups is 2. The quantitative estimate of drug-likeness (QED) is 0.710. The standard InChI is InChI=1S/C12H16N4O2/c1-13-10-8(4-2-6-14-10)11(17)16-9-5-3-7-15-12(9)18/h2,4,6,9H,3,5,7H2,1H3,(H,13,14)(H,15,18)(H,16,17). The highest BCUT2D eigenvalue weighted by Crippen LogP contribution is 2.11. The molecule has 6 heteroatoms. The van der Waals surface area contributed by atoms with E-state index in [1.54, 1.807) is 25.4 Å². The van der Waals surface area contributed by atoms with Crippen molar-refractivity contribution < 1.29 is 9.59 Å². The minimum Gasteiger partial charge on any atom is -0.372 e. The predicted octanol–water partition coefficient (Wildman–Crippen LogP) is 0.132. The third-order valence-electron chi connectivity index (χ3n) is 2.88. The summed E-state index contributed by atoms with van der Waals surface area (Å²) in [6.07, 6.45) is 3.16. The molecule has 3 N–H and O–H groups in total. The first-order valence-corrected chi connectivity index (χ1v) is 5.93. The van der Waals surface area contributed by atoms with Gasteiger partial charge in [0.2, 0.25) is 5.91 Å². The lowest BCUT2D eigenvalue weighted by molar-refractivity contribution is -0.124. The molecule has 2 rings (SSSR count). The van der Waals surface area contributed by atoms with Gasteiger partial charge in [0.05, 0.1) is 5.56 Å². The molecule has 1 saturated heterocycles. The highest BCUT2D eigenvalue weighted by Gasteiger charge is 2.24. The third kappa shape index (κ3) is 2.58. The Morgan fingerprint density at radius 1 is 1.56 bits per heavy atom. The summed E-state index contributed by atoms with van der Waals surface area (Å²) < 4.78 is 0. The molecular formula is C12H16N4O2. The van der Waals surface area contributed by atoms with Crippen LogP contribution < -0.4 is 16.0 Å². The minimum atomic E-state index is -0.448. The molecular weight excluding hydrogens is 232 g/mol. The molecule has 1 aliphatic heterocycles. The minimum absolute atomic E-state index is 0.121. The van der Waals surface area contributed by atoms with Crippen LogP contribution >= 0.6 is 0 Å². The van der Waals surface area contributed by atoms with E-state index < -0.39 is 6.04 Å². The molecule has 1 unspecified atom stereocenters. The molecule has 1 aliphatic rings. The van der Waals surface area contributed by atoms with Crippen LogP contribution in [-0.2, 0) is 4.79 Å². The van der Waals surface area contributed by atoms with Crippen LogP contribution in [0.1, 0.15) is 23.2 Å². The van der Waals surface area contributed by atoms with Gasteiger partial charge in [0.15, 0.2) is 0 Å². The fraction of sp³-hybridized carbons (Fsp3) is 0.417. The molecule has 1 aromatic heterocycles. The summed E-state index contributed by atoms with van der Waals surface area (Å²) in [7, 11) is 1.70. The molecule has 0 aliphatic carbocycles. The number of nitrogens with zero attached hydrogens (tertiary/aromatic N) is 1. The van der Waals surface area contributed by atoms with E-state index in [4.69, 9.17) is 0 Å². The van der Waals surface area contributed by atoms with E-state index in [1.165, 1.54) is 0 Å². The van der Waals surface area contributed by atoms with E-state index in [2.05, 4.69) is 20.9 Å². The number of pyridine rings is 1. The lowest BCUT2D eigenvalue weighted by atomic mass is 10.1. The number of anilines is 1. The van der Waals surface area contributed by atoms with Crippen molar-refractivity contribution in [2.24, 2.45) is 0 Å². The lowest BCUT2D eigenvalue weighted by Crippen LogP contribution is -2.50. The van der Waals surface area contributed by atoms with E-state index >= 15 is 0 Å². The summed E-state index contributed by atoms with van der Waals surface area (Å²) in [5.41, 5.74) is 0.443. The number of nitrogens with one attached hydrogen (secondary N) is 3. The Hall–Kier alpha value is -2.11. The largest absolute Gasteiger partial charge is 0.372 e. The van der Waals surface area contributed by atoms with Gasteiger partial charge in [0.25, 0.3) is 5.91 Å². The van der Waals surface area contributed by atoms with Crippen LogP contribution in [0.5, 0.6) is 0 Å². The number of amides is 2. The molecule has 1 fully saturated rings. The summed E-state index contributed by atoms with van der Waals surface area (Å²) >= 11 is 0. The Bertz CT molecular complexity index is 461. The summed E-state index contributed by atoms with van der Waals surface area (Å²) in [6.45, 7) is 0.680. The second-order valence-corrected chi connectivity index (χ2v) is 4.11. The first-order valence-electron chi connectivity index (χ1n) is 5.93. The fourth-order valence-corrected chi connectivity index (χ4v) is 1.93. The maximum absolute atomic E-state index is 12.1. The average Bonchev–Trinajstić information content (AvgIpc) is 2.41. The molecule has 96 valence electrons. The molecule has 0 aromatic carbocycles. The molecule has 1 atom stereocenters. The van der Waals surface area contributed by atoms with Crippen molar-refractivity contribution in [2.75, 3.05) is 18.9 Å². The van der Waals surface area contributed by atoms with Crippen molar-refractivity contribution in [3.63, 3.8) is 0 Å². The van der Waals surface area contributed by atoms with Crippen molar-refractivity contribution >= 4 is 17.6 Å². The number of rotatable bonds is 3. The summed E-state index contributed by atoms with van der Waals surface area (Å²) in [5, 5.41) is 8.31. The highest BCUT2D eigenvalue weighted by atomic mass is 16.2. The molecule has 1 aromatic rings. The topological polar surface area (TPSA) is 83.1 Å². The molecule has 0 bridgehead atoms. The first-order chi connectivity index (χ1) is 8.72. The first kappa shape index (κ1) is 12.3. The lowest BCUT2D eigenvalue weighted by Gasteiger charge is -2.23. The Morgan fingerprint density at radius 3 is 3.11 bits per heavy atom. The van der Waals surface area contributed by atoms with Gasteiger partial charge in [-0.1, -0.05) is 0 Å². The maximum Gasteiger partial charge on any atom is 0.255 e. The van der Waals surface area contributed by atoms with E-state index in [9.17, 15) is 9.59 Å². The normalized spacial score (nSPS) is 18.9. The van der Waals surface area contributed by atoms with Crippen LogP contribution in [-0.4, -0.2) is 36.4 Å². The zero-order valence-electron chi connectivity index (χ0n) is 10.2. The van der Waals surface area contributed by atoms with E-state index in [1.807, 2.05) is 0 Å². The monoisotopic (exact) mass is 248 g/mol. The van der Waals surface area contributed by atoms with Crippen LogP contribution in [0.2, 0.25) is 0 Å². The van der Waals surface area contributed by atoms with E-state index in [-0.39, 0.29) is 11.8 Å². The smallest absolute Gasteiger partial charge is 0.255 e. The second-order valence-electron chi connectivity index (χ2n) is 4.11. The fourth-order valence-electron chi connectivity index (χ4n) is 1.93. The Labute approximate surface area is 105 Å². The van der Waals surface area contributed by atoms with Gasteiger partial charge >= 0.3 is 0 Å². The SMILES string of the molecule is CNc1ncccc1C(=O)NC1CCCNC1=O.